The first kappa shape index (κ1) is 7.92. The van der Waals surface area contributed by atoms with Crippen LogP contribution in [-0.4, -0.2) is 11.7 Å². The van der Waals surface area contributed by atoms with Crippen LogP contribution in [0.15, 0.2) is 16.6 Å². The number of halogens is 1. The number of hydrogen-bond acceptors (Lipinski definition) is 2. The Morgan fingerprint density at radius 2 is 2.25 bits per heavy atom. The first-order chi connectivity index (χ1) is 5.77. The minimum absolute atomic E-state index is 0.332. The number of benzene rings is 1. The minimum atomic E-state index is 0.332. The van der Waals surface area contributed by atoms with Crippen molar-refractivity contribution < 1.29 is 9.84 Å². The Hall–Kier alpha value is -0.700. The fourth-order valence-corrected chi connectivity index (χ4v) is 1.83. The summed E-state index contributed by atoms with van der Waals surface area (Å²) in [5, 5.41) is 9.53. The molecule has 0 aliphatic carbocycles. The molecule has 0 fully saturated rings. The Morgan fingerprint density at radius 3 is 3.08 bits per heavy atom. The highest BCUT2D eigenvalue weighted by molar-refractivity contribution is 9.10. The largest absolute Gasteiger partial charge is 0.507 e. The third kappa shape index (κ3) is 1.29. The van der Waals surface area contributed by atoms with E-state index in [9.17, 15) is 5.11 Å². The van der Waals surface area contributed by atoms with Crippen LogP contribution in [0.2, 0.25) is 0 Å². The molecule has 0 unspecified atom stereocenters. The van der Waals surface area contributed by atoms with E-state index in [2.05, 4.69) is 15.9 Å². The lowest BCUT2D eigenvalue weighted by Crippen LogP contribution is -2.08. The number of rotatable bonds is 0. The zero-order valence-electron chi connectivity index (χ0n) is 6.51. The number of aromatic hydroxyl groups is 1. The molecule has 2 nitrogen and oxygen atoms in total. The van der Waals surface area contributed by atoms with Gasteiger partial charge < -0.3 is 9.84 Å². The summed E-state index contributed by atoms with van der Waals surface area (Å²) in [6.07, 6.45) is 1.90. The van der Waals surface area contributed by atoms with Crippen molar-refractivity contribution >= 4 is 15.9 Å². The van der Waals surface area contributed by atoms with E-state index in [1.165, 1.54) is 0 Å². The van der Waals surface area contributed by atoms with Crippen LogP contribution in [0.5, 0.6) is 11.5 Å². The minimum Gasteiger partial charge on any atom is -0.507 e. The van der Waals surface area contributed by atoms with E-state index in [4.69, 9.17) is 4.74 Å². The van der Waals surface area contributed by atoms with E-state index in [0.29, 0.717) is 5.75 Å². The molecule has 0 spiro atoms. The molecule has 1 aliphatic rings. The quantitative estimate of drug-likeness (QED) is 0.740. The van der Waals surface area contributed by atoms with Gasteiger partial charge in [0, 0.05) is 10.0 Å². The maximum atomic E-state index is 9.53. The molecule has 0 bridgehead atoms. The van der Waals surface area contributed by atoms with Crippen molar-refractivity contribution in [1.29, 1.82) is 0 Å². The molecule has 0 amide bonds. The van der Waals surface area contributed by atoms with Crippen molar-refractivity contribution in [2.24, 2.45) is 0 Å². The fraction of sp³-hybridized carbons (Fsp3) is 0.333. The van der Waals surface area contributed by atoms with Gasteiger partial charge in [-0.1, -0.05) is 15.9 Å². The Bertz CT molecular complexity index is 310. The zero-order valence-corrected chi connectivity index (χ0v) is 8.10. The summed E-state index contributed by atoms with van der Waals surface area (Å²) >= 11 is 3.30. The van der Waals surface area contributed by atoms with Gasteiger partial charge in [0.15, 0.2) is 0 Å². The van der Waals surface area contributed by atoms with Gasteiger partial charge in [-0.25, -0.2) is 0 Å². The van der Waals surface area contributed by atoms with Crippen molar-refractivity contribution in [3.63, 3.8) is 0 Å². The van der Waals surface area contributed by atoms with Gasteiger partial charge in [-0.05, 0) is 25.0 Å². The second-order valence-electron chi connectivity index (χ2n) is 2.85. The lowest BCUT2D eigenvalue weighted by atomic mass is 10.1. The highest BCUT2D eigenvalue weighted by Gasteiger charge is 2.14. The molecule has 0 aromatic heterocycles. The molecule has 12 heavy (non-hydrogen) atoms. The lowest BCUT2D eigenvalue weighted by Gasteiger charge is -2.18. The van der Waals surface area contributed by atoms with Crippen LogP contribution >= 0.6 is 15.9 Å². The van der Waals surface area contributed by atoms with Crippen molar-refractivity contribution in [3.8, 4) is 11.5 Å². The smallest absolute Gasteiger partial charge is 0.127 e. The van der Waals surface area contributed by atoms with E-state index in [1.54, 1.807) is 6.07 Å². The lowest BCUT2D eigenvalue weighted by molar-refractivity contribution is 0.283. The van der Waals surface area contributed by atoms with Gasteiger partial charge in [0.1, 0.15) is 11.5 Å². The number of phenolic OH excluding ortho intramolecular Hbond substituents is 1. The molecule has 1 aromatic carbocycles. The van der Waals surface area contributed by atoms with E-state index < -0.39 is 0 Å². The van der Waals surface area contributed by atoms with Crippen LogP contribution in [-0.2, 0) is 6.42 Å². The Morgan fingerprint density at radius 1 is 1.42 bits per heavy atom. The van der Waals surface area contributed by atoms with Crippen LogP contribution in [0.1, 0.15) is 12.0 Å². The molecule has 0 radical (unpaired) electrons. The highest BCUT2D eigenvalue weighted by atomic mass is 79.9. The average molecular weight is 229 g/mol. The summed E-state index contributed by atoms with van der Waals surface area (Å²) in [6, 6.07) is 3.60. The maximum absolute atomic E-state index is 9.53. The van der Waals surface area contributed by atoms with E-state index in [-0.39, 0.29) is 0 Å². The molecule has 1 heterocycles. The van der Waals surface area contributed by atoms with Gasteiger partial charge in [-0.2, -0.15) is 0 Å². The van der Waals surface area contributed by atoms with E-state index in [0.717, 1.165) is 35.2 Å². The van der Waals surface area contributed by atoms with E-state index in [1.807, 2.05) is 6.07 Å². The molecule has 2 rings (SSSR count). The van der Waals surface area contributed by atoms with Gasteiger partial charge in [0.25, 0.3) is 0 Å². The molecule has 1 aliphatic heterocycles. The third-order valence-electron chi connectivity index (χ3n) is 1.98. The summed E-state index contributed by atoms with van der Waals surface area (Å²) in [5.74, 6) is 1.15. The van der Waals surface area contributed by atoms with Crippen LogP contribution in [0.3, 0.4) is 0 Å². The zero-order chi connectivity index (χ0) is 8.55. The molecule has 1 N–H and O–H groups in total. The molecular formula is C9H9BrO2. The number of fused-ring (bicyclic) bond motifs is 1. The Balaban J connectivity index is 2.53. The summed E-state index contributed by atoms with van der Waals surface area (Å²) in [6.45, 7) is 0.753. The SMILES string of the molecule is Oc1cc(Br)cc2c1CCCO2. The number of hydrogen-bond donors (Lipinski definition) is 1. The molecule has 0 saturated heterocycles. The number of phenols is 1. The highest BCUT2D eigenvalue weighted by Crippen LogP contribution is 2.35. The topological polar surface area (TPSA) is 29.5 Å². The summed E-state index contributed by atoms with van der Waals surface area (Å²) in [5.41, 5.74) is 0.935. The number of ether oxygens (including phenoxy) is 1. The van der Waals surface area contributed by atoms with Crippen molar-refractivity contribution in [2.45, 2.75) is 12.8 Å². The van der Waals surface area contributed by atoms with Gasteiger partial charge in [-0.15, -0.1) is 0 Å². The molecule has 1 aromatic rings. The predicted octanol–water partition coefficient (Wildman–Crippen LogP) is 2.48. The van der Waals surface area contributed by atoms with Crippen molar-refractivity contribution in [2.75, 3.05) is 6.61 Å². The second-order valence-corrected chi connectivity index (χ2v) is 3.77. The van der Waals surface area contributed by atoms with E-state index >= 15 is 0 Å². The standard InChI is InChI=1S/C9H9BrO2/c10-6-4-8(11)7-2-1-3-12-9(7)5-6/h4-5,11H,1-3H2. The van der Waals surface area contributed by atoms with Gasteiger partial charge in [0.2, 0.25) is 0 Å². The van der Waals surface area contributed by atoms with Crippen LogP contribution in [0.4, 0.5) is 0 Å². The summed E-state index contributed by atoms with van der Waals surface area (Å²) in [4.78, 5) is 0. The molecule has 0 atom stereocenters. The molecule has 0 saturated carbocycles. The van der Waals surface area contributed by atoms with Crippen molar-refractivity contribution in [1.82, 2.24) is 0 Å². The second kappa shape index (κ2) is 2.98. The van der Waals surface area contributed by atoms with Crippen LogP contribution < -0.4 is 4.74 Å². The Kier molecular flexibility index (Phi) is 1.97. The average Bonchev–Trinajstić information content (AvgIpc) is 2.04. The Labute approximate surface area is 79.3 Å². The van der Waals surface area contributed by atoms with Gasteiger partial charge in [-0.3, -0.25) is 0 Å². The van der Waals surface area contributed by atoms with Crippen LogP contribution in [0.25, 0.3) is 0 Å². The predicted molar refractivity (Wildman–Crippen MR) is 49.6 cm³/mol. The molecule has 3 heteroatoms. The summed E-state index contributed by atoms with van der Waals surface area (Å²) < 4.78 is 6.26. The molecule has 64 valence electrons. The van der Waals surface area contributed by atoms with Crippen molar-refractivity contribution in [3.05, 3.63) is 22.2 Å². The first-order valence-corrected chi connectivity index (χ1v) is 4.71. The fourth-order valence-electron chi connectivity index (χ4n) is 1.41. The van der Waals surface area contributed by atoms with Gasteiger partial charge >= 0.3 is 0 Å². The third-order valence-corrected chi connectivity index (χ3v) is 2.44. The maximum Gasteiger partial charge on any atom is 0.127 e. The summed E-state index contributed by atoms with van der Waals surface area (Å²) in [7, 11) is 0. The monoisotopic (exact) mass is 228 g/mol. The van der Waals surface area contributed by atoms with Crippen LogP contribution in [0, 0.1) is 0 Å². The molecular weight excluding hydrogens is 220 g/mol. The normalized spacial score (nSPS) is 15.1. The van der Waals surface area contributed by atoms with Gasteiger partial charge in [0.05, 0.1) is 6.61 Å². The first-order valence-electron chi connectivity index (χ1n) is 3.91.